The van der Waals surface area contributed by atoms with Crippen LogP contribution in [0.3, 0.4) is 0 Å². The molecule has 2 unspecified atom stereocenters. The van der Waals surface area contributed by atoms with Gasteiger partial charge in [-0.2, -0.15) is 0 Å². The van der Waals surface area contributed by atoms with E-state index < -0.39 is 0 Å². The third-order valence-corrected chi connectivity index (χ3v) is 4.19. The van der Waals surface area contributed by atoms with Crippen molar-refractivity contribution < 1.29 is 4.74 Å². The van der Waals surface area contributed by atoms with E-state index in [2.05, 4.69) is 48.3 Å². The minimum atomic E-state index is 0.599. The lowest BCUT2D eigenvalue weighted by atomic mass is 10.00. The van der Waals surface area contributed by atoms with Crippen molar-refractivity contribution >= 4 is 5.69 Å². The molecule has 0 aliphatic carbocycles. The quantitative estimate of drug-likeness (QED) is 0.817. The van der Waals surface area contributed by atoms with E-state index in [0.717, 1.165) is 26.2 Å². The number of para-hydroxylation sites is 1. The van der Waals surface area contributed by atoms with Crippen LogP contribution < -0.4 is 5.32 Å². The highest BCUT2D eigenvalue weighted by atomic mass is 16.5. The fourth-order valence-corrected chi connectivity index (χ4v) is 2.76. The molecular formula is C16H26N2O. The van der Waals surface area contributed by atoms with Gasteiger partial charge < -0.3 is 10.1 Å². The molecule has 0 spiro atoms. The van der Waals surface area contributed by atoms with E-state index in [0.29, 0.717) is 12.0 Å². The molecule has 0 saturated heterocycles. The van der Waals surface area contributed by atoms with Crippen LogP contribution in [0.4, 0.5) is 5.69 Å². The van der Waals surface area contributed by atoms with Gasteiger partial charge in [-0.3, -0.25) is 4.90 Å². The molecule has 1 aliphatic rings. The molecule has 1 heterocycles. The number of nitrogens with one attached hydrogen (secondary N) is 1. The summed E-state index contributed by atoms with van der Waals surface area (Å²) in [5.41, 5.74) is 2.77. The standard InChI is InChI=1S/C16H26N2O/c1-4-13(2)18(9-10-19-3)12-14-11-17-16-8-6-5-7-15(14)16/h5-8,13-14,17H,4,9-12H2,1-3H3. The average Bonchev–Trinajstić information content (AvgIpc) is 2.86. The van der Waals surface area contributed by atoms with Crippen molar-refractivity contribution in [3.63, 3.8) is 0 Å². The number of benzene rings is 1. The zero-order valence-electron chi connectivity index (χ0n) is 12.4. The van der Waals surface area contributed by atoms with Gasteiger partial charge >= 0.3 is 0 Å². The highest BCUT2D eigenvalue weighted by molar-refractivity contribution is 5.57. The van der Waals surface area contributed by atoms with Crippen molar-refractivity contribution in [3.05, 3.63) is 29.8 Å². The first kappa shape index (κ1) is 14.4. The lowest BCUT2D eigenvalue weighted by Gasteiger charge is -2.30. The van der Waals surface area contributed by atoms with Gasteiger partial charge in [0, 0.05) is 44.4 Å². The number of hydrogen-bond donors (Lipinski definition) is 1. The van der Waals surface area contributed by atoms with Crippen LogP contribution in [0.1, 0.15) is 31.7 Å². The maximum absolute atomic E-state index is 5.24. The van der Waals surface area contributed by atoms with Gasteiger partial charge in [0.15, 0.2) is 0 Å². The first-order chi connectivity index (χ1) is 9.26. The largest absolute Gasteiger partial charge is 0.384 e. The monoisotopic (exact) mass is 262 g/mol. The van der Waals surface area contributed by atoms with E-state index in [-0.39, 0.29) is 0 Å². The fourth-order valence-electron chi connectivity index (χ4n) is 2.76. The summed E-state index contributed by atoms with van der Waals surface area (Å²) in [6.45, 7) is 8.56. The summed E-state index contributed by atoms with van der Waals surface area (Å²) in [5.74, 6) is 0.599. The molecule has 19 heavy (non-hydrogen) atoms. The Hall–Kier alpha value is -1.06. The molecule has 3 nitrogen and oxygen atoms in total. The molecule has 2 atom stereocenters. The van der Waals surface area contributed by atoms with Gasteiger partial charge in [-0.15, -0.1) is 0 Å². The summed E-state index contributed by atoms with van der Waals surface area (Å²) < 4.78 is 5.24. The average molecular weight is 262 g/mol. The third kappa shape index (κ3) is 3.48. The first-order valence-corrected chi connectivity index (χ1v) is 7.32. The van der Waals surface area contributed by atoms with E-state index in [1.54, 1.807) is 7.11 Å². The summed E-state index contributed by atoms with van der Waals surface area (Å²) in [4.78, 5) is 2.55. The number of nitrogens with zero attached hydrogens (tertiary/aromatic N) is 1. The molecule has 0 aromatic heterocycles. The SMILES string of the molecule is CCC(C)N(CCOC)CC1CNc2ccccc21. The van der Waals surface area contributed by atoms with Crippen molar-refractivity contribution in [2.45, 2.75) is 32.2 Å². The van der Waals surface area contributed by atoms with E-state index in [1.165, 1.54) is 17.7 Å². The number of ether oxygens (including phenoxy) is 1. The molecule has 0 bridgehead atoms. The number of rotatable bonds is 7. The van der Waals surface area contributed by atoms with Gasteiger partial charge in [-0.05, 0) is 25.0 Å². The molecule has 0 amide bonds. The van der Waals surface area contributed by atoms with Crippen LogP contribution in [0.2, 0.25) is 0 Å². The minimum Gasteiger partial charge on any atom is -0.384 e. The molecule has 0 radical (unpaired) electrons. The third-order valence-electron chi connectivity index (χ3n) is 4.19. The predicted molar refractivity (Wildman–Crippen MR) is 80.9 cm³/mol. The van der Waals surface area contributed by atoms with Gasteiger partial charge in [0.25, 0.3) is 0 Å². The minimum absolute atomic E-state index is 0.599. The second-order valence-corrected chi connectivity index (χ2v) is 5.41. The Bertz CT molecular complexity index is 394. The van der Waals surface area contributed by atoms with Crippen LogP contribution in [0, 0.1) is 0 Å². The van der Waals surface area contributed by atoms with Gasteiger partial charge in [0.05, 0.1) is 6.61 Å². The Morgan fingerprint density at radius 1 is 1.42 bits per heavy atom. The molecule has 3 heteroatoms. The summed E-state index contributed by atoms with van der Waals surface area (Å²) in [6.07, 6.45) is 1.19. The zero-order valence-corrected chi connectivity index (χ0v) is 12.4. The smallest absolute Gasteiger partial charge is 0.0589 e. The van der Waals surface area contributed by atoms with Crippen molar-refractivity contribution in [2.75, 3.05) is 38.7 Å². The Morgan fingerprint density at radius 2 is 2.21 bits per heavy atom. The summed E-state index contributed by atoms with van der Waals surface area (Å²) >= 11 is 0. The molecule has 1 aliphatic heterocycles. The lowest BCUT2D eigenvalue weighted by Crippen LogP contribution is -2.38. The maximum Gasteiger partial charge on any atom is 0.0589 e. The fraction of sp³-hybridized carbons (Fsp3) is 0.625. The summed E-state index contributed by atoms with van der Waals surface area (Å²) in [7, 11) is 1.78. The lowest BCUT2D eigenvalue weighted by molar-refractivity contribution is 0.119. The van der Waals surface area contributed by atoms with Crippen LogP contribution in [-0.2, 0) is 4.74 Å². The Morgan fingerprint density at radius 3 is 2.95 bits per heavy atom. The summed E-state index contributed by atoms with van der Waals surface area (Å²) in [5, 5.41) is 3.51. The molecule has 1 aromatic carbocycles. The van der Waals surface area contributed by atoms with Crippen molar-refractivity contribution in [3.8, 4) is 0 Å². The number of fused-ring (bicyclic) bond motifs is 1. The highest BCUT2D eigenvalue weighted by Crippen LogP contribution is 2.31. The maximum atomic E-state index is 5.24. The van der Waals surface area contributed by atoms with Gasteiger partial charge in [0.2, 0.25) is 0 Å². The Labute approximate surface area is 116 Å². The molecular weight excluding hydrogens is 236 g/mol. The molecule has 0 fully saturated rings. The van der Waals surface area contributed by atoms with Crippen LogP contribution >= 0.6 is 0 Å². The van der Waals surface area contributed by atoms with Crippen LogP contribution in [-0.4, -0.2) is 44.3 Å². The topological polar surface area (TPSA) is 24.5 Å². The molecule has 2 rings (SSSR count). The van der Waals surface area contributed by atoms with Crippen LogP contribution in [0.15, 0.2) is 24.3 Å². The van der Waals surface area contributed by atoms with Gasteiger partial charge in [-0.1, -0.05) is 25.1 Å². The second-order valence-electron chi connectivity index (χ2n) is 5.41. The molecule has 106 valence electrons. The van der Waals surface area contributed by atoms with E-state index in [4.69, 9.17) is 4.74 Å². The molecule has 1 N–H and O–H groups in total. The van der Waals surface area contributed by atoms with Gasteiger partial charge in [0.1, 0.15) is 0 Å². The molecule has 0 saturated carbocycles. The second kappa shape index (κ2) is 6.92. The molecule has 1 aromatic rings. The summed E-state index contributed by atoms with van der Waals surface area (Å²) in [6, 6.07) is 9.29. The first-order valence-electron chi connectivity index (χ1n) is 7.32. The number of hydrogen-bond acceptors (Lipinski definition) is 3. The highest BCUT2D eigenvalue weighted by Gasteiger charge is 2.25. The van der Waals surface area contributed by atoms with E-state index >= 15 is 0 Å². The van der Waals surface area contributed by atoms with Crippen molar-refractivity contribution in [1.82, 2.24) is 4.90 Å². The van der Waals surface area contributed by atoms with E-state index in [1.807, 2.05) is 0 Å². The predicted octanol–water partition coefficient (Wildman–Crippen LogP) is 2.94. The number of anilines is 1. The Kier molecular flexibility index (Phi) is 5.23. The van der Waals surface area contributed by atoms with Crippen LogP contribution in [0.25, 0.3) is 0 Å². The zero-order chi connectivity index (χ0) is 13.7. The van der Waals surface area contributed by atoms with Crippen molar-refractivity contribution in [2.24, 2.45) is 0 Å². The van der Waals surface area contributed by atoms with Crippen molar-refractivity contribution in [1.29, 1.82) is 0 Å². The van der Waals surface area contributed by atoms with Crippen LogP contribution in [0.5, 0.6) is 0 Å². The number of methoxy groups -OCH3 is 1. The Balaban J connectivity index is 2.01. The normalized spacial score (nSPS) is 19.3. The van der Waals surface area contributed by atoms with Gasteiger partial charge in [-0.25, -0.2) is 0 Å². The van der Waals surface area contributed by atoms with E-state index in [9.17, 15) is 0 Å².